The van der Waals surface area contributed by atoms with Gasteiger partial charge in [-0.15, -0.1) is 0 Å². The topological polar surface area (TPSA) is 52.0 Å². The Bertz CT molecular complexity index is 250. The van der Waals surface area contributed by atoms with Gasteiger partial charge in [-0.1, -0.05) is 28.1 Å². The van der Waals surface area contributed by atoms with Crippen molar-refractivity contribution in [2.24, 2.45) is 11.5 Å². The summed E-state index contributed by atoms with van der Waals surface area (Å²) in [6.07, 6.45) is 0.830. The van der Waals surface area contributed by atoms with E-state index in [1.54, 1.807) is 0 Å². The average molecular weight is 229 g/mol. The van der Waals surface area contributed by atoms with Crippen LogP contribution in [0.4, 0.5) is 0 Å². The highest BCUT2D eigenvalue weighted by Crippen LogP contribution is 2.17. The molecule has 0 fully saturated rings. The van der Waals surface area contributed by atoms with E-state index in [0.717, 1.165) is 16.5 Å². The number of nitrogens with two attached hydrogens (primary N) is 2. The van der Waals surface area contributed by atoms with Crippen molar-refractivity contribution in [3.63, 3.8) is 0 Å². The van der Waals surface area contributed by atoms with Crippen LogP contribution in [-0.4, -0.2) is 6.54 Å². The summed E-state index contributed by atoms with van der Waals surface area (Å²) in [5.74, 6) is 0. The summed E-state index contributed by atoms with van der Waals surface area (Å²) < 4.78 is 1.06. The van der Waals surface area contributed by atoms with Crippen LogP contribution < -0.4 is 11.5 Å². The molecule has 0 amide bonds. The molecule has 0 aliphatic rings. The largest absolute Gasteiger partial charge is 0.330 e. The van der Waals surface area contributed by atoms with E-state index in [1.807, 2.05) is 24.3 Å². The second-order valence-electron chi connectivity index (χ2n) is 2.74. The molecular weight excluding hydrogens is 216 g/mol. The molecule has 1 aromatic carbocycles. The number of halogens is 1. The van der Waals surface area contributed by atoms with Gasteiger partial charge in [-0.2, -0.15) is 0 Å². The fourth-order valence-corrected chi connectivity index (χ4v) is 1.50. The summed E-state index contributed by atoms with van der Waals surface area (Å²) in [4.78, 5) is 0. The summed E-state index contributed by atoms with van der Waals surface area (Å²) in [6, 6.07) is 8.08. The van der Waals surface area contributed by atoms with Crippen LogP contribution in [0.25, 0.3) is 0 Å². The number of hydrogen-bond acceptors (Lipinski definition) is 2. The van der Waals surface area contributed by atoms with Gasteiger partial charge in [0.05, 0.1) is 0 Å². The second kappa shape index (κ2) is 4.60. The lowest BCUT2D eigenvalue weighted by atomic mass is 10.1. The van der Waals surface area contributed by atoms with Crippen molar-refractivity contribution in [3.8, 4) is 0 Å². The van der Waals surface area contributed by atoms with Gasteiger partial charge in [0.25, 0.3) is 0 Å². The molecule has 0 unspecified atom stereocenters. The van der Waals surface area contributed by atoms with Crippen LogP contribution >= 0.6 is 15.9 Å². The Morgan fingerprint density at radius 3 is 2.75 bits per heavy atom. The smallest absolute Gasteiger partial charge is 0.0307 e. The normalized spacial score (nSPS) is 12.9. The summed E-state index contributed by atoms with van der Waals surface area (Å²) >= 11 is 3.39. The van der Waals surface area contributed by atoms with Crippen molar-refractivity contribution in [3.05, 3.63) is 34.3 Å². The minimum absolute atomic E-state index is 0.0625. The average Bonchev–Trinajstić information content (AvgIpc) is 2.05. The van der Waals surface area contributed by atoms with E-state index in [1.165, 1.54) is 0 Å². The zero-order chi connectivity index (χ0) is 8.97. The molecule has 0 heterocycles. The van der Waals surface area contributed by atoms with E-state index in [0.29, 0.717) is 6.54 Å². The zero-order valence-corrected chi connectivity index (χ0v) is 8.42. The highest BCUT2D eigenvalue weighted by molar-refractivity contribution is 9.10. The molecule has 0 radical (unpaired) electrons. The molecule has 0 spiro atoms. The Kier molecular flexibility index (Phi) is 3.72. The second-order valence-corrected chi connectivity index (χ2v) is 3.65. The Hall–Kier alpha value is -0.380. The van der Waals surface area contributed by atoms with Gasteiger partial charge >= 0.3 is 0 Å². The van der Waals surface area contributed by atoms with Crippen molar-refractivity contribution in [1.82, 2.24) is 0 Å². The molecule has 3 heteroatoms. The van der Waals surface area contributed by atoms with Gasteiger partial charge in [-0.05, 0) is 30.7 Å². The molecule has 2 nitrogen and oxygen atoms in total. The number of rotatable bonds is 3. The first kappa shape index (κ1) is 9.71. The lowest BCUT2D eigenvalue weighted by molar-refractivity contribution is 0.661. The van der Waals surface area contributed by atoms with Crippen LogP contribution in [0.1, 0.15) is 18.0 Å². The molecule has 0 aliphatic carbocycles. The van der Waals surface area contributed by atoms with Crippen molar-refractivity contribution in [2.45, 2.75) is 12.5 Å². The summed E-state index contributed by atoms with van der Waals surface area (Å²) in [7, 11) is 0. The lowest BCUT2D eigenvalue weighted by Gasteiger charge is -2.10. The van der Waals surface area contributed by atoms with Gasteiger partial charge in [0.15, 0.2) is 0 Å². The van der Waals surface area contributed by atoms with E-state index in [4.69, 9.17) is 11.5 Å². The Morgan fingerprint density at radius 1 is 1.42 bits per heavy atom. The highest BCUT2D eigenvalue weighted by atomic mass is 79.9. The first-order valence-corrected chi connectivity index (χ1v) is 4.74. The predicted molar refractivity (Wildman–Crippen MR) is 54.7 cm³/mol. The predicted octanol–water partition coefficient (Wildman–Crippen LogP) is 1.80. The highest BCUT2D eigenvalue weighted by Gasteiger charge is 2.03. The molecule has 0 aromatic heterocycles. The molecule has 66 valence electrons. The fourth-order valence-electron chi connectivity index (χ4n) is 1.08. The first-order valence-electron chi connectivity index (χ1n) is 3.95. The molecule has 1 rings (SSSR count). The van der Waals surface area contributed by atoms with E-state index in [2.05, 4.69) is 15.9 Å². The van der Waals surface area contributed by atoms with Crippen molar-refractivity contribution in [2.75, 3.05) is 6.54 Å². The van der Waals surface area contributed by atoms with Gasteiger partial charge in [0, 0.05) is 10.5 Å². The lowest BCUT2D eigenvalue weighted by Crippen LogP contribution is -2.15. The molecular formula is C9H13BrN2. The quantitative estimate of drug-likeness (QED) is 0.830. The summed E-state index contributed by atoms with van der Waals surface area (Å²) in [5, 5.41) is 0. The summed E-state index contributed by atoms with van der Waals surface area (Å²) in [5.41, 5.74) is 12.4. The number of hydrogen-bond donors (Lipinski definition) is 2. The minimum Gasteiger partial charge on any atom is -0.330 e. The Balaban J connectivity index is 2.73. The Morgan fingerprint density at radius 2 is 2.17 bits per heavy atom. The molecule has 0 bridgehead atoms. The van der Waals surface area contributed by atoms with Gasteiger partial charge < -0.3 is 11.5 Å². The van der Waals surface area contributed by atoms with Crippen molar-refractivity contribution in [1.29, 1.82) is 0 Å². The standard InChI is InChI=1S/C9H13BrN2/c10-8-3-1-2-7(6-8)9(12)4-5-11/h1-3,6,9H,4-5,11-12H2/t9-/m1/s1. The maximum Gasteiger partial charge on any atom is 0.0307 e. The van der Waals surface area contributed by atoms with E-state index in [9.17, 15) is 0 Å². The third kappa shape index (κ3) is 2.59. The van der Waals surface area contributed by atoms with E-state index < -0.39 is 0 Å². The molecule has 1 atom stereocenters. The Labute approximate surface area is 81.1 Å². The fraction of sp³-hybridized carbons (Fsp3) is 0.333. The van der Waals surface area contributed by atoms with Crippen LogP contribution in [0, 0.1) is 0 Å². The van der Waals surface area contributed by atoms with Crippen molar-refractivity contribution >= 4 is 15.9 Å². The van der Waals surface area contributed by atoms with Gasteiger partial charge in [-0.3, -0.25) is 0 Å². The molecule has 0 aliphatic heterocycles. The van der Waals surface area contributed by atoms with Gasteiger partial charge in [0.1, 0.15) is 0 Å². The monoisotopic (exact) mass is 228 g/mol. The van der Waals surface area contributed by atoms with Gasteiger partial charge in [0.2, 0.25) is 0 Å². The van der Waals surface area contributed by atoms with Crippen LogP contribution in [0.2, 0.25) is 0 Å². The SMILES string of the molecule is NCC[C@@H](N)c1cccc(Br)c1. The zero-order valence-electron chi connectivity index (χ0n) is 6.83. The van der Waals surface area contributed by atoms with Gasteiger partial charge in [-0.25, -0.2) is 0 Å². The third-order valence-corrected chi connectivity index (χ3v) is 2.25. The van der Waals surface area contributed by atoms with E-state index in [-0.39, 0.29) is 6.04 Å². The maximum atomic E-state index is 5.87. The molecule has 0 saturated heterocycles. The summed E-state index contributed by atoms with van der Waals surface area (Å²) in [6.45, 7) is 0.633. The molecule has 0 saturated carbocycles. The third-order valence-electron chi connectivity index (χ3n) is 1.75. The molecule has 12 heavy (non-hydrogen) atoms. The van der Waals surface area contributed by atoms with Crippen LogP contribution in [0.3, 0.4) is 0 Å². The minimum atomic E-state index is 0.0625. The molecule has 4 N–H and O–H groups in total. The number of benzene rings is 1. The van der Waals surface area contributed by atoms with Crippen LogP contribution in [0.15, 0.2) is 28.7 Å². The maximum absolute atomic E-state index is 5.87. The van der Waals surface area contributed by atoms with Crippen LogP contribution in [0.5, 0.6) is 0 Å². The first-order chi connectivity index (χ1) is 5.74. The van der Waals surface area contributed by atoms with Crippen LogP contribution in [-0.2, 0) is 0 Å². The van der Waals surface area contributed by atoms with E-state index >= 15 is 0 Å². The van der Waals surface area contributed by atoms with Crippen molar-refractivity contribution < 1.29 is 0 Å². The molecule has 1 aromatic rings.